The van der Waals surface area contributed by atoms with Gasteiger partial charge in [-0.2, -0.15) is 0 Å². The van der Waals surface area contributed by atoms with Crippen molar-refractivity contribution in [2.45, 2.75) is 26.1 Å². The van der Waals surface area contributed by atoms with Gasteiger partial charge in [0, 0.05) is 19.2 Å². The van der Waals surface area contributed by atoms with Crippen LogP contribution < -0.4 is 4.90 Å². The maximum atomic E-state index is 13.6. The lowest BCUT2D eigenvalue weighted by atomic mass is 10.1. The van der Waals surface area contributed by atoms with Crippen LogP contribution >= 0.6 is 0 Å². The van der Waals surface area contributed by atoms with Crippen molar-refractivity contribution in [3.05, 3.63) is 29.6 Å². The van der Waals surface area contributed by atoms with Crippen LogP contribution in [0.1, 0.15) is 18.9 Å². The smallest absolute Gasteiger partial charge is 0.146 e. The topological polar surface area (TPSA) is 43.7 Å². The SMILES string of the molecule is CC(O)CCN(C)c1c(F)cccc1CO. The molecule has 16 heavy (non-hydrogen) atoms. The Bertz CT molecular complexity index is 342. The average molecular weight is 227 g/mol. The summed E-state index contributed by atoms with van der Waals surface area (Å²) >= 11 is 0. The van der Waals surface area contributed by atoms with E-state index in [1.807, 2.05) is 0 Å². The van der Waals surface area contributed by atoms with Gasteiger partial charge in [-0.3, -0.25) is 0 Å². The summed E-state index contributed by atoms with van der Waals surface area (Å²) < 4.78 is 13.6. The van der Waals surface area contributed by atoms with Crippen molar-refractivity contribution in [1.29, 1.82) is 0 Å². The van der Waals surface area contributed by atoms with E-state index in [4.69, 9.17) is 5.11 Å². The molecule has 0 aliphatic carbocycles. The molecular weight excluding hydrogens is 209 g/mol. The first-order valence-corrected chi connectivity index (χ1v) is 5.33. The van der Waals surface area contributed by atoms with Crippen LogP contribution in [0.25, 0.3) is 0 Å². The second-order valence-electron chi connectivity index (χ2n) is 3.96. The van der Waals surface area contributed by atoms with E-state index in [-0.39, 0.29) is 12.4 Å². The maximum Gasteiger partial charge on any atom is 0.146 e. The van der Waals surface area contributed by atoms with Gasteiger partial charge in [-0.05, 0) is 19.4 Å². The monoisotopic (exact) mass is 227 g/mol. The highest BCUT2D eigenvalue weighted by Gasteiger charge is 2.12. The number of nitrogens with zero attached hydrogens (tertiary/aromatic N) is 1. The van der Waals surface area contributed by atoms with Gasteiger partial charge in [-0.15, -0.1) is 0 Å². The summed E-state index contributed by atoms with van der Waals surface area (Å²) in [6.45, 7) is 2.06. The van der Waals surface area contributed by atoms with Crippen molar-refractivity contribution in [3.63, 3.8) is 0 Å². The van der Waals surface area contributed by atoms with E-state index < -0.39 is 6.10 Å². The molecule has 0 radical (unpaired) electrons. The number of halogens is 1. The van der Waals surface area contributed by atoms with E-state index in [0.717, 1.165) is 0 Å². The molecule has 0 saturated carbocycles. The number of aliphatic hydroxyl groups excluding tert-OH is 2. The van der Waals surface area contributed by atoms with Gasteiger partial charge in [0.1, 0.15) is 5.82 Å². The number of aliphatic hydroxyl groups is 2. The third-order valence-corrected chi connectivity index (χ3v) is 2.50. The standard InChI is InChI=1S/C12H18FNO2/c1-9(16)6-7-14(2)12-10(8-15)4-3-5-11(12)13/h3-5,9,15-16H,6-8H2,1-2H3. The summed E-state index contributed by atoms with van der Waals surface area (Å²) in [5.74, 6) is -0.348. The molecule has 0 aliphatic rings. The first-order valence-electron chi connectivity index (χ1n) is 5.33. The molecule has 4 heteroatoms. The van der Waals surface area contributed by atoms with Crippen LogP contribution in [0.2, 0.25) is 0 Å². The van der Waals surface area contributed by atoms with Crippen LogP contribution in [-0.2, 0) is 6.61 Å². The second-order valence-corrected chi connectivity index (χ2v) is 3.96. The molecule has 1 atom stereocenters. The summed E-state index contributed by atoms with van der Waals surface area (Å²) in [5, 5.41) is 18.3. The zero-order chi connectivity index (χ0) is 12.1. The summed E-state index contributed by atoms with van der Waals surface area (Å²) in [6, 6.07) is 4.64. The number of hydrogen-bond acceptors (Lipinski definition) is 3. The lowest BCUT2D eigenvalue weighted by Gasteiger charge is -2.23. The Morgan fingerprint density at radius 2 is 2.12 bits per heavy atom. The molecule has 0 amide bonds. The predicted octanol–water partition coefficient (Wildman–Crippen LogP) is 1.53. The van der Waals surface area contributed by atoms with Gasteiger partial charge >= 0.3 is 0 Å². The Balaban J connectivity index is 2.84. The van der Waals surface area contributed by atoms with Crippen molar-refractivity contribution in [2.75, 3.05) is 18.5 Å². The lowest BCUT2D eigenvalue weighted by Crippen LogP contribution is -2.24. The van der Waals surface area contributed by atoms with Crippen molar-refractivity contribution < 1.29 is 14.6 Å². The van der Waals surface area contributed by atoms with E-state index in [0.29, 0.717) is 24.2 Å². The first kappa shape index (κ1) is 12.9. The van der Waals surface area contributed by atoms with Crippen LogP contribution in [0.15, 0.2) is 18.2 Å². The minimum Gasteiger partial charge on any atom is -0.393 e. The number of hydrogen-bond donors (Lipinski definition) is 2. The van der Waals surface area contributed by atoms with Crippen LogP contribution in [0, 0.1) is 5.82 Å². The Morgan fingerprint density at radius 1 is 1.44 bits per heavy atom. The third-order valence-electron chi connectivity index (χ3n) is 2.50. The zero-order valence-electron chi connectivity index (χ0n) is 9.65. The van der Waals surface area contributed by atoms with Gasteiger partial charge in [0.2, 0.25) is 0 Å². The average Bonchev–Trinajstić information content (AvgIpc) is 2.25. The quantitative estimate of drug-likeness (QED) is 0.801. The second kappa shape index (κ2) is 5.82. The molecule has 2 N–H and O–H groups in total. The van der Waals surface area contributed by atoms with Crippen molar-refractivity contribution in [1.82, 2.24) is 0 Å². The van der Waals surface area contributed by atoms with Crippen LogP contribution in [0.4, 0.5) is 10.1 Å². The zero-order valence-corrected chi connectivity index (χ0v) is 9.65. The van der Waals surface area contributed by atoms with Gasteiger partial charge in [0.25, 0.3) is 0 Å². The number of para-hydroxylation sites is 1. The van der Waals surface area contributed by atoms with E-state index in [1.165, 1.54) is 6.07 Å². The van der Waals surface area contributed by atoms with Gasteiger partial charge in [0.05, 0.1) is 18.4 Å². The molecule has 0 fully saturated rings. The molecule has 1 aromatic rings. The molecule has 3 nitrogen and oxygen atoms in total. The summed E-state index contributed by atoms with van der Waals surface area (Å²) in [5.41, 5.74) is 0.971. The van der Waals surface area contributed by atoms with Crippen LogP contribution in [0.3, 0.4) is 0 Å². The molecule has 0 heterocycles. The Labute approximate surface area is 95.1 Å². The maximum absolute atomic E-state index is 13.6. The van der Waals surface area contributed by atoms with Gasteiger partial charge in [0.15, 0.2) is 0 Å². The summed E-state index contributed by atoms with van der Waals surface area (Å²) in [7, 11) is 1.75. The highest BCUT2D eigenvalue weighted by molar-refractivity contribution is 5.54. The molecule has 0 bridgehead atoms. The Kier molecular flexibility index (Phi) is 4.71. The van der Waals surface area contributed by atoms with Gasteiger partial charge in [-0.25, -0.2) is 4.39 Å². The number of benzene rings is 1. The molecule has 90 valence electrons. The Morgan fingerprint density at radius 3 is 2.69 bits per heavy atom. The van der Waals surface area contributed by atoms with E-state index in [2.05, 4.69) is 0 Å². The normalized spacial score (nSPS) is 12.6. The number of rotatable bonds is 5. The minimum atomic E-state index is -0.410. The molecule has 1 aromatic carbocycles. The number of anilines is 1. The van der Waals surface area contributed by atoms with Gasteiger partial charge in [-0.1, -0.05) is 12.1 Å². The minimum absolute atomic E-state index is 0.188. The molecule has 1 rings (SSSR count). The lowest BCUT2D eigenvalue weighted by molar-refractivity contribution is 0.186. The van der Waals surface area contributed by atoms with E-state index in [9.17, 15) is 9.50 Å². The van der Waals surface area contributed by atoms with Crippen molar-refractivity contribution >= 4 is 5.69 Å². The van der Waals surface area contributed by atoms with Gasteiger partial charge < -0.3 is 15.1 Å². The van der Waals surface area contributed by atoms with Crippen molar-refractivity contribution in [3.8, 4) is 0 Å². The molecular formula is C12H18FNO2. The molecule has 0 aromatic heterocycles. The predicted molar refractivity (Wildman–Crippen MR) is 61.9 cm³/mol. The van der Waals surface area contributed by atoms with E-state index in [1.54, 1.807) is 31.0 Å². The third kappa shape index (κ3) is 3.18. The fourth-order valence-corrected chi connectivity index (χ4v) is 1.61. The molecule has 0 spiro atoms. The Hall–Kier alpha value is -1.13. The largest absolute Gasteiger partial charge is 0.393 e. The molecule has 1 unspecified atom stereocenters. The fraction of sp³-hybridized carbons (Fsp3) is 0.500. The fourth-order valence-electron chi connectivity index (χ4n) is 1.61. The summed E-state index contributed by atoms with van der Waals surface area (Å²) in [4.78, 5) is 1.72. The van der Waals surface area contributed by atoms with Crippen molar-refractivity contribution in [2.24, 2.45) is 0 Å². The molecule has 0 aliphatic heterocycles. The van der Waals surface area contributed by atoms with E-state index >= 15 is 0 Å². The molecule has 0 saturated heterocycles. The highest BCUT2D eigenvalue weighted by Crippen LogP contribution is 2.23. The first-order chi connectivity index (χ1) is 7.56. The summed E-state index contributed by atoms with van der Waals surface area (Å²) in [6.07, 6.45) is 0.155. The highest BCUT2D eigenvalue weighted by atomic mass is 19.1. The van der Waals surface area contributed by atoms with Crippen LogP contribution in [-0.4, -0.2) is 29.9 Å². The van der Waals surface area contributed by atoms with Crippen LogP contribution in [0.5, 0.6) is 0 Å².